The van der Waals surface area contributed by atoms with Crippen LogP contribution in [0.4, 0.5) is 5.82 Å². The molecule has 2 aliphatic heterocycles. The summed E-state index contributed by atoms with van der Waals surface area (Å²) in [6, 6.07) is 5.52. The van der Waals surface area contributed by atoms with Crippen LogP contribution in [-0.2, 0) is 7.05 Å². The van der Waals surface area contributed by atoms with Crippen LogP contribution < -0.4 is 10.2 Å². The van der Waals surface area contributed by atoms with Gasteiger partial charge in [0.05, 0.1) is 18.8 Å². The van der Waals surface area contributed by atoms with Crippen molar-refractivity contribution in [2.75, 3.05) is 11.9 Å². The van der Waals surface area contributed by atoms with Gasteiger partial charge < -0.3 is 15.3 Å². The van der Waals surface area contributed by atoms with E-state index in [1.807, 2.05) is 6.07 Å². The zero-order chi connectivity index (χ0) is 21.8. The number of phenols is 1. The van der Waals surface area contributed by atoms with Crippen molar-refractivity contribution in [3.05, 3.63) is 24.4 Å². The number of tetrazole rings is 1. The quantitative estimate of drug-likeness (QED) is 0.651. The molecule has 2 N–H and O–H groups in total. The number of nitrogens with zero attached hydrogens (tertiary/aromatic N) is 8. The molecule has 162 valence electrons. The lowest BCUT2D eigenvalue weighted by molar-refractivity contribution is 0.207. The molecule has 31 heavy (non-hydrogen) atoms. The van der Waals surface area contributed by atoms with Crippen molar-refractivity contribution < 1.29 is 5.11 Å². The van der Waals surface area contributed by atoms with Crippen LogP contribution in [0.5, 0.6) is 5.75 Å². The van der Waals surface area contributed by atoms with E-state index in [1.165, 1.54) is 17.6 Å². The number of benzene rings is 1. The van der Waals surface area contributed by atoms with E-state index in [2.05, 4.69) is 61.7 Å². The first-order chi connectivity index (χ1) is 14.7. The Morgan fingerprint density at radius 3 is 2.42 bits per heavy atom. The highest BCUT2D eigenvalue weighted by Crippen LogP contribution is 2.43. The fourth-order valence-electron chi connectivity index (χ4n) is 5.10. The van der Waals surface area contributed by atoms with Crippen LogP contribution in [0.15, 0.2) is 24.4 Å². The molecule has 2 saturated heterocycles. The Kier molecular flexibility index (Phi) is 4.44. The fraction of sp³-hybridized carbons (Fsp3) is 0.524. The maximum Gasteiger partial charge on any atom is 0.205 e. The Morgan fingerprint density at radius 2 is 1.84 bits per heavy atom. The maximum atomic E-state index is 10.5. The fourth-order valence-corrected chi connectivity index (χ4v) is 5.10. The number of phenolic OH excluding ortho intramolecular Hbond substituents is 1. The monoisotopic (exact) mass is 421 g/mol. The van der Waals surface area contributed by atoms with Crippen LogP contribution in [0.1, 0.15) is 39.5 Å². The minimum atomic E-state index is 0.0450. The molecular formula is C21H27N9O. The molecule has 3 atom stereocenters. The molecule has 0 saturated carbocycles. The molecular weight excluding hydrogens is 394 g/mol. The summed E-state index contributed by atoms with van der Waals surface area (Å²) >= 11 is 0. The summed E-state index contributed by atoms with van der Waals surface area (Å²) in [5.41, 5.74) is 1.53. The maximum absolute atomic E-state index is 10.5. The van der Waals surface area contributed by atoms with Gasteiger partial charge in [0.2, 0.25) is 5.82 Å². The Balaban J connectivity index is 1.35. The van der Waals surface area contributed by atoms with Crippen LogP contribution in [0.25, 0.3) is 22.8 Å². The van der Waals surface area contributed by atoms with Crippen molar-refractivity contribution in [1.29, 1.82) is 0 Å². The molecule has 0 unspecified atom stereocenters. The lowest BCUT2D eigenvalue weighted by Crippen LogP contribution is -2.58. The third-order valence-corrected chi connectivity index (χ3v) is 6.67. The number of rotatable bonds is 4. The number of hydrogen-bond donors (Lipinski definition) is 2. The minimum Gasteiger partial charge on any atom is -0.507 e. The van der Waals surface area contributed by atoms with E-state index in [0.29, 0.717) is 28.8 Å². The predicted octanol–water partition coefficient (Wildman–Crippen LogP) is 1.93. The molecule has 10 nitrogen and oxygen atoms in total. The molecule has 3 aromatic rings. The van der Waals surface area contributed by atoms with Crippen molar-refractivity contribution in [1.82, 2.24) is 40.7 Å². The van der Waals surface area contributed by atoms with E-state index in [1.54, 1.807) is 25.4 Å². The van der Waals surface area contributed by atoms with Gasteiger partial charge in [-0.2, -0.15) is 4.80 Å². The molecule has 2 bridgehead atoms. The van der Waals surface area contributed by atoms with Gasteiger partial charge in [-0.15, -0.1) is 20.4 Å². The smallest absolute Gasteiger partial charge is 0.205 e. The molecule has 10 heteroatoms. The first kappa shape index (κ1) is 19.8. The number of aromatic nitrogens is 7. The van der Waals surface area contributed by atoms with Gasteiger partial charge in [0.15, 0.2) is 11.6 Å². The lowest BCUT2D eigenvalue weighted by atomic mass is 9.84. The molecule has 2 fully saturated rings. The molecule has 0 amide bonds. The van der Waals surface area contributed by atoms with Crippen LogP contribution in [0, 0.1) is 0 Å². The van der Waals surface area contributed by atoms with E-state index < -0.39 is 0 Å². The van der Waals surface area contributed by atoms with Crippen molar-refractivity contribution in [3.8, 4) is 28.5 Å². The van der Waals surface area contributed by atoms with Gasteiger partial charge in [0.25, 0.3) is 0 Å². The molecule has 1 aromatic carbocycles. The normalized spacial score (nSPS) is 27.4. The predicted molar refractivity (Wildman–Crippen MR) is 115 cm³/mol. The number of hydrogen-bond acceptors (Lipinski definition) is 9. The molecule has 5 rings (SSSR count). The summed E-state index contributed by atoms with van der Waals surface area (Å²) in [5.74, 6) is 1.60. The second-order valence-electron chi connectivity index (χ2n) is 9.39. The van der Waals surface area contributed by atoms with Crippen LogP contribution >= 0.6 is 0 Å². The summed E-state index contributed by atoms with van der Waals surface area (Å²) in [6.45, 7) is 4.63. The number of aromatic hydroxyl groups is 1. The third kappa shape index (κ3) is 3.60. The Bertz CT molecular complexity index is 1100. The highest BCUT2D eigenvalue weighted by molar-refractivity contribution is 5.69. The summed E-state index contributed by atoms with van der Waals surface area (Å²) < 4.78 is 0. The van der Waals surface area contributed by atoms with E-state index in [4.69, 9.17) is 0 Å². The first-order valence-electron chi connectivity index (χ1n) is 10.5. The molecule has 2 aromatic heterocycles. The Labute approximate surface area is 180 Å². The molecule has 0 radical (unpaired) electrons. The standard InChI is InChI=1S/C21H27N9O/c1-20-7-8-21(2,27-20)11-14(10-20)29(3)17-12-22-19(24-23-17)15-6-5-13(9-16(15)31)18-25-28-30(4)26-18/h5-6,9,12,14,27,31H,7-8,10-11H2,1-4H3/t14-,20-,21+. The van der Waals surface area contributed by atoms with E-state index in [-0.39, 0.29) is 16.8 Å². The molecule has 4 heterocycles. The van der Waals surface area contributed by atoms with E-state index in [0.717, 1.165) is 18.7 Å². The van der Waals surface area contributed by atoms with Gasteiger partial charge in [-0.1, -0.05) is 6.07 Å². The zero-order valence-electron chi connectivity index (χ0n) is 18.2. The number of aryl methyl sites for hydroxylation is 1. The van der Waals surface area contributed by atoms with Crippen LogP contribution in [0.2, 0.25) is 0 Å². The third-order valence-electron chi connectivity index (χ3n) is 6.67. The second-order valence-corrected chi connectivity index (χ2v) is 9.39. The topological polar surface area (TPSA) is 118 Å². The summed E-state index contributed by atoms with van der Waals surface area (Å²) in [6.07, 6.45) is 6.28. The minimum absolute atomic E-state index is 0.0450. The average molecular weight is 422 g/mol. The average Bonchev–Trinajstić information content (AvgIpc) is 3.27. The first-order valence-corrected chi connectivity index (χ1v) is 10.5. The summed E-state index contributed by atoms with van der Waals surface area (Å²) in [5, 5.41) is 35.0. The number of piperidine rings is 1. The van der Waals surface area contributed by atoms with Gasteiger partial charge in [-0.25, -0.2) is 4.98 Å². The van der Waals surface area contributed by atoms with Crippen LogP contribution in [-0.4, -0.2) is 64.7 Å². The van der Waals surface area contributed by atoms with Crippen molar-refractivity contribution in [2.45, 2.75) is 56.7 Å². The SMILES string of the molecule is CN(c1cnc(-c2ccc(-c3nnn(C)n3)cc2O)nn1)[C@H]1C[C@]2(C)CC[C@](C)(C1)N2. The van der Waals surface area contributed by atoms with Gasteiger partial charge in [0.1, 0.15) is 5.75 Å². The van der Waals surface area contributed by atoms with Gasteiger partial charge in [-0.05, 0) is 56.9 Å². The Hall–Kier alpha value is -3.14. The van der Waals surface area contributed by atoms with Gasteiger partial charge >= 0.3 is 0 Å². The second kappa shape index (κ2) is 6.94. The zero-order valence-corrected chi connectivity index (χ0v) is 18.2. The van der Waals surface area contributed by atoms with Crippen LogP contribution in [0.3, 0.4) is 0 Å². The van der Waals surface area contributed by atoms with E-state index >= 15 is 0 Å². The number of fused-ring (bicyclic) bond motifs is 2. The Morgan fingerprint density at radius 1 is 1.10 bits per heavy atom. The summed E-state index contributed by atoms with van der Waals surface area (Å²) in [7, 11) is 3.76. The van der Waals surface area contributed by atoms with Crippen molar-refractivity contribution >= 4 is 5.82 Å². The van der Waals surface area contributed by atoms with Gasteiger partial charge in [0, 0.05) is 29.7 Å². The number of anilines is 1. The highest BCUT2D eigenvalue weighted by atomic mass is 16.3. The largest absolute Gasteiger partial charge is 0.507 e. The van der Waals surface area contributed by atoms with Gasteiger partial charge in [-0.3, -0.25) is 0 Å². The van der Waals surface area contributed by atoms with Crippen molar-refractivity contribution in [2.24, 2.45) is 7.05 Å². The lowest BCUT2D eigenvalue weighted by Gasteiger charge is -2.45. The van der Waals surface area contributed by atoms with Crippen molar-refractivity contribution in [3.63, 3.8) is 0 Å². The highest BCUT2D eigenvalue weighted by Gasteiger charge is 2.49. The molecule has 0 spiro atoms. The molecule has 2 aliphatic rings. The molecule has 0 aliphatic carbocycles. The summed E-state index contributed by atoms with van der Waals surface area (Å²) in [4.78, 5) is 8.04. The number of nitrogens with one attached hydrogen (secondary N) is 1. The van der Waals surface area contributed by atoms with E-state index in [9.17, 15) is 5.11 Å².